The number of carbonyl (C=O) groups excluding carboxylic acids is 2. The second-order valence-electron chi connectivity index (χ2n) is 9.14. The van der Waals surface area contributed by atoms with Gasteiger partial charge in [-0.1, -0.05) is 30.3 Å². The Bertz CT molecular complexity index is 1310. The van der Waals surface area contributed by atoms with Crippen molar-refractivity contribution in [3.8, 4) is 0 Å². The van der Waals surface area contributed by atoms with Gasteiger partial charge < -0.3 is 21.1 Å². The molecule has 2 unspecified atom stereocenters. The summed E-state index contributed by atoms with van der Waals surface area (Å²) in [7, 11) is -4.07. The van der Waals surface area contributed by atoms with Gasteiger partial charge in [0.15, 0.2) is 0 Å². The van der Waals surface area contributed by atoms with Gasteiger partial charge in [0.1, 0.15) is 12.1 Å². The van der Waals surface area contributed by atoms with E-state index in [1.165, 1.54) is 36.0 Å². The predicted molar refractivity (Wildman–Crippen MR) is 137 cm³/mol. The van der Waals surface area contributed by atoms with E-state index in [1.54, 1.807) is 32.0 Å². The van der Waals surface area contributed by atoms with Crippen LogP contribution in [0.3, 0.4) is 0 Å². The summed E-state index contributed by atoms with van der Waals surface area (Å²) in [5.74, 6) is -2.33. The lowest BCUT2D eigenvalue weighted by molar-refractivity contribution is -0.142. The van der Waals surface area contributed by atoms with Crippen LogP contribution < -0.4 is 16.0 Å². The number of hydrogen-bond acceptors (Lipinski definition) is 6. The molecule has 0 aromatic heterocycles. The van der Waals surface area contributed by atoms with Crippen LogP contribution in [-0.4, -0.2) is 65.0 Å². The second kappa shape index (κ2) is 11.8. The number of thioether (sulfide) groups is 1. The summed E-state index contributed by atoms with van der Waals surface area (Å²) in [6.07, 6.45) is -4.49. The lowest BCUT2D eigenvalue weighted by atomic mass is 10.0. The number of aliphatic carboxylic acids is 1. The molecule has 3 amide bonds. The van der Waals surface area contributed by atoms with Crippen LogP contribution in [0.2, 0.25) is 0 Å². The highest BCUT2D eigenvalue weighted by Crippen LogP contribution is 2.42. The zero-order valence-corrected chi connectivity index (χ0v) is 22.5. The maximum Gasteiger partial charge on any atom is 0.416 e. The fourth-order valence-corrected chi connectivity index (χ4v) is 7.00. The smallest absolute Gasteiger partial charge is 0.416 e. The molecule has 0 spiro atoms. The molecular formula is C24H27F3N4O6S2. The van der Waals surface area contributed by atoms with Gasteiger partial charge in [-0.2, -0.15) is 17.5 Å². The first-order valence-electron chi connectivity index (χ1n) is 11.5. The molecule has 2 atom stereocenters. The number of hydrogen-bond donors (Lipinski definition) is 4. The van der Waals surface area contributed by atoms with E-state index in [9.17, 15) is 41.1 Å². The molecule has 4 N–H and O–H groups in total. The van der Waals surface area contributed by atoms with Crippen molar-refractivity contribution < 1.29 is 41.1 Å². The molecular weight excluding hydrogens is 561 g/mol. The summed E-state index contributed by atoms with van der Waals surface area (Å²) in [6, 6.07) is 8.03. The zero-order valence-electron chi connectivity index (χ0n) is 20.9. The average Bonchev–Trinajstić information content (AvgIpc) is 3.20. The highest BCUT2D eigenvalue weighted by Gasteiger charge is 2.51. The molecule has 1 heterocycles. The van der Waals surface area contributed by atoms with E-state index in [2.05, 4.69) is 16.0 Å². The lowest BCUT2D eigenvalue weighted by Crippen LogP contribution is -2.58. The molecule has 1 saturated heterocycles. The number of carboxylic acid groups (broad SMARTS) is 1. The van der Waals surface area contributed by atoms with Gasteiger partial charge in [-0.3, -0.25) is 4.79 Å². The molecule has 1 fully saturated rings. The summed E-state index contributed by atoms with van der Waals surface area (Å²) in [5, 5.41) is 16.6. The van der Waals surface area contributed by atoms with Crippen LogP contribution in [0.5, 0.6) is 0 Å². The molecule has 3 rings (SSSR count). The molecule has 2 aromatic carbocycles. The third-order valence-corrected chi connectivity index (χ3v) is 9.29. The van der Waals surface area contributed by atoms with E-state index in [1.807, 2.05) is 0 Å². The van der Waals surface area contributed by atoms with Crippen molar-refractivity contribution in [2.45, 2.75) is 48.3 Å². The topological polar surface area (TPSA) is 145 Å². The van der Waals surface area contributed by atoms with Gasteiger partial charge in [-0.25, -0.2) is 18.0 Å². The molecule has 2 aromatic rings. The number of benzene rings is 2. The summed E-state index contributed by atoms with van der Waals surface area (Å²) < 4.78 is 64.6. The van der Waals surface area contributed by atoms with Gasteiger partial charge in [-0.15, -0.1) is 11.8 Å². The summed E-state index contributed by atoms with van der Waals surface area (Å²) in [5.41, 5.74) is -0.461. The highest BCUT2D eigenvalue weighted by atomic mass is 32.2. The first-order valence-corrected chi connectivity index (χ1v) is 14.0. The van der Waals surface area contributed by atoms with Crippen LogP contribution in [-0.2, 0) is 32.3 Å². The fraction of sp³-hybridized carbons (Fsp3) is 0.375. The lowest BCUT2D eigenvalue weighted by Gasteiger charge is -2.30. The van der Waals surface area contributed by atoms with Crippen LogP contribution in [0.25, 0.3) is 0 Å². The van der Waals surface area contributed by atoms with Crippen LogP contribution in [0.1, 0.15) is 25.0 Å². The average molecular weight is 589 g/mol. The molecule has 212 valence electrons. The molecule has 0 aliphatic carbocycles. The number of sulfonamides is 1. The first-order chi connectivity index (χ1) is 18.1. The van der Waals surface area contributed by atoms with E-state index in [0.717, 1.165) is 16.4 Å². The van der Waals surface area contributed by atoms with E-state index in [-0.39, 0.29) is 17.3 Å². The number of carboxylic acids is 1. The minimum Gasteiger partial charge on any atom is -0.480 e. The number of amides is 3. The molecule has 0 bridgehead atoms. The van der Waals surface area contributed by atoms with Crippen molar-refractivity contribution in [2.24, 2.45) is 0 Å². The van der Waals surface area contributed by atoms with Crippen LogP contribution in [0.4, 0.5) is 18.0 Å². The minimum atomic E-state index is -4.49. The minimum absolute atomic E-state index is 0.0118. The van der Waals surface area contributed by atoms with Gasteiger partial charge in [0.05, 0.1) is 22.9 Å². The van der Waals surface area contributed by atoms with Crippen LogP contribution in [0, 0.1) is 0 Å². The maximum atomic E-state index is 13.2. The molecule has 1 aliphatic rings. The number of halogens is 3. The Labute approximate surface area is 227 Å². The quantitative estimate of drug-likeness (QED) is 0.353. The summed E-state index contributed by atoms with van der Waals surface area (Å²) in [4.78, 5) is 37.2. The first kappa shape index (κ1) is 30.2. The van der Waals surface area contributed by atoms with Crippen molar-refractivity contribution in [1.29, 1.82) is 0 Å². The second-order valence-corrected chi connectivity index (χ2v) is 12.6. The Morgan fingerprint density at radius 2 is 1.69 bits per heavy atom. The largest absolute Gasteiger partial charge is 0.480 e. The molecule has 0 saturated carbocycles. The van der Waals surface area contributed by atoms with E-state index in [0.29, 0.717) is 5.56 Å². The molecule has 15 heteroatoms. The molecule has 39 heavy (non-hydrogen) atoms. The van der Waals surface area contributed by atoms with Crippen molar-refractivity contribution in [3.63, 3.8) is 0 Å². The Kier molecular flexibility index (Phi) is 9.18. The maximum absolute atomic E-state index is 13.2. The van der Waals surface area contributed by atoms with Gasteiger partial charge in [0.25, 0.3) is 0 Å². The molecule has 10 nitrogen and oxygen atoms in total. The fourth-order valence-electron chi connectivity index (χ4n) is 3.81. The number of rotatable bonds is 9. The third kappa shape index (κ3) is 7.42. The monoisotopic (exact) mass is 588 g/mol. The van der Waals surface area contributed by atoms with Gasteiger partial charge >= 0.3 is 18.2 Å². The van der Waals surface area contributed by atoms with Crippen LogP contribution >= 0.6 is 11.8 Å². The summed E-state index contributed by atoms with van der Waals surface area (Å²) >= 11 is 1.22. The Balaban J connectivity index is 1.62. The zero-order chi connectivity index (χ0) is 29.0. The number of alkyl halides is 3. The van der Waals surface area contributed by atoms with E-state index >= 15 is 0 Å². The van der Waals surface area contributed by atoms with Gasteiger partial charge in [-0.05, 0) is 43.7 Å². The van der Waals surface area contributed by atoms with Crippen molar-refractivity contribution in [2.75, 3.05) is 12.4 Å². The standard InChI is InChI=1S/C24H27F3N4O6S2/c1-23(2)19(31(14-38-23)39(36,37)17-6-4-3-5-7-17)20(32)30-18(21(33)34)13-29-22(35)28-12-15-8-10-16(11-9-15)24(25,26)27/h3-11,18-19H,12-14H2,1-2H3,(H,30,32)(H,33,34)(H2,28,29,35). The normalized spacial score (nSPS) is 18.2. The van der Waals surface area contributed by atoms with E-state index in [4.69, 9.17) is 0 Å². The Hall–Kier alpha value is -3.30. The number of carbonyl (C=O) groups is 3. The van der Waals surface area contributed by atoms with Crippen molar-refractivity contribution in [1.82, 2.24) is 20.3 Å². The third-order valence-electron chi connectivity index (χ3n) is 5.92. The predicted octanol–water partition coefficient (Wildman–Crippen LogP) is 2.62. The van der Waals surface area contributed by atoms with Crippen molar-refractivity contribution >= 4 is 39.7 Å². The van der Waals surface area contributed by atoms with Gasteiger partial charge in [0, 0.05) is 11.3 Å². The van der Waals surface area contributed by atoms with Crippen LogP contribution in [0.15, 0.2) is 59.5 Å². The number of nitrogens with one attached hydrogen (secondary N) is 3. The Morgan fingerprint density at radius 3 is 2.26 bits per heavy atom. The van der Waals surface area contributed by atoms with E-state index < -0.39 is 63.0 Å². The molecule has 1 aliphatic heterocycles. The SMILES string of the molecule is CC1(C)SCN(S(=O)(=O)c2ccccc2)C1C(=O)NC(CNC(=O)NCc1ccc(C(F)(F)F)cc1)C(=O)O. The Morgan fingerprint density at radius 1 is 1.08 bits per heavy atom. The summed E-state index contributed by atoms with van der Waals surface area (Å²) in [6.45, 7) is 2.68. The highest BCUT2D eigenvalue weighted by molar-refractivity contribution is 8.02. The number of nitrogens with zero attached hydrogens (tertiary/aromatic N) is 1. The van der Waals surface area contributed by atoms with Gasteiger partial charge in [0.2, 0.25) is 15.9 Å². The number of urea groups is 1. The molecule has 0 radical (unpaired) electrons. The van der Waals surface area contributed by atoms with Crippen molar-refractivity contribution in [3.05, 3.63) is 65.7 Å².